The van der Waals surface area contributed by atoms with Crippen LogP contribution in [0.4, 0.5) is 0 Å². The molecule has 2 heterocycles. The first-order valence-electron chi connectivity index (χ1n) is 9.32. The third-order valence-corrected chi connectivity index (χ3v) is 6.72. The summed E-state index contributed by atoms with van der Waals surface area (Å²) in [6.07, 6.45) is 4.66. The van der Waals surface area contributed by atoms with Gasteiger partial charge in [-0.3, -0.25) is 19.0 Å². The van der Waals surface area contributed by atoms with E-state index in [2.05, 4.69) is 22.2 Å². The fourth-order valence-corrected chi connectivity index (χ4v) is 5.39. The van der Waals surface area contributed by atoms with Gasteiger partial charge >= 0.3 is 0 Å². The zero-order valence-corrected chi connectivity index (χ0v) is 17.7. The Morgan fingerprint density at radius 2 is 2.21 bits per heavy atom. The van der Waals surface area contributed by atoms with Crippen LogP contribution in [0, 0.1) is 0 Å². The Hall–Kier alpha value is -2.13. The fraction of sp³-hybridized carbons (Fsp3) is 0.474. The first kappa shape index (κ1) is 20.6. The molecule has 1 atom stereocenters. The highest BCUT2D eigenvalue weighted by atomic mass is 32.2. The number of aryl methyl sites for hydroxylation is 2. The fourth-order valence-electron chi connectivity index (χ4n) is 3.26. The van der Waals surface area contributed by atoms with Crippen molar-refractivity contribution in [3.05, 3.63) is 33.4 Å². The summed E-state index contributed by atoms with van der Waals surface area (Å²) in [4.78, 5) is 43.7. The summed E-state index contributed by atoms with van der Waals surface area (Å²) in [5.41, 5.74) is 1.07. The number of likely N-dealkylation sites (N-methyl/N-ethyl adjacent to an activating group) is 1. The highest BCUT2D eigenvalue weighted by Gasteiger charge is 2.23. The lowest BCUT2D eigenvalue weighted by Gasteiger charge is -2.14. The SMILES string of the molecule is C=CCn1c(SCC(=O)N[C@@H](C)C(=O)NCC)nc2sc3c(c2c1=O)CCC3. The van der Waals surface area contributed by atoms with Crippen molar-refractivity contribution in [2.45, 2.75) is 50.9 Å². The molecule has 0 spiro atoms. The summed E-state index contributed by atoms with van der Waals surface area (Å²) in [5, 5.41) is 6.55. The maximum absolute atomic E-state index is 13.1. The Balaban J connectivity index is 1.80. The quantitative estimate of drug-likeness (QED) is 0.386. The Morgan fingerprint density at radius 1 is 1.43 bits per heavy atom. The summed E-state index contributed by atoms with van der Waals surface area (Å²) in [5.74, 6) is -0.432. The molecule has 0 aromatic carbocycles. The normalized spacial score (nSPS) is 13.9. The van der Waals surface area contributed by atoms with Gasteiger partial charge in [0.1, 0.15) is 10.9 Å². The monoisotopic (exact) mass is 420 g/mol. The van der Waals surface area contributed by atoms with E-state index in [1.807, 2.05) is 6.92 Å². The van der Waals surface area contributed by atoms with Crippen LogP contribution in [-0.2, 0) is 29.0 Å². The lowest BCUT2D eigenvalue weighted by Crippen LogP contribution is -2.45. The number of carbonyl (C=O) groups excluding carboxylic acids is 2. The topological polar surface area (TPSA) is 93.1 Å². The number of aromatic nitrogens is 2. The van der Waals surface area contributed by atoms with Crippen molar-refractivity contribution in [3.8, 4) is 0 Å². The van der Waals surface area contributed by atoms with Crippen LogP contribution in [0.2, 0.25) is 0 Å². The lowest BCUT2D eigenvalue weighted by molar-refractivity contribution is -0.127. The van der Waals surface area contributed by atoms with Crippen molar-refractivity contribution in [2.75, 3.05) is 12.3 Å². The largest absolute Gasteiger partial charge is 0.355 e. The molecule has 0 bridgehead atoms. The predicted molar refractivity (Wildman–Crippen MR) is 113 cm³/mol. The number of thiophene rings is 1. The number of hydrogen-bond donors (Lipinski definition) is 2. The van der Waals surface area contributed by atoms with Gasteiger partial charge in [-0.05, 0) is 38.7 Å². The molecule has 1 aliphatic carbocycles. The first-order chi connectivity index (χ1) is 13.5. The second-order valence-corrected chi connectivity index (χ2v) is 8.63. The van der Waals surface area contributed by atoms with Crippen LogP contribution in [0.25, 0.3) is 10.2 Å². The molecule has 3 rings (SSSR count). The van der Waals surface area contributed by atoms with E-state index in [1.165, 1.54) is 16.6 Å². The maximum atomic E-state index is 13.1. The van der Waals surface area contributed by atoms with Gasteiger partial charge in [0.15, 0.2) is 5.16 Å². The average Bonchev–Trinajstić information content (AvgIpc) is 3.23. The second-order valence-electron chi connectivity index (χ2n) is 6.61. The summed E-state index contributed by atoms with van der Waals surface area (Å²) >= 11 is 2.78. The number of fused-ring (bicyclic) bond motifs is 3. The summed E-state index contributed by atoms with van der Waals surface area (Å²) in [6.45, 7) is 8.04. The molecule has 2 amide bonds. The molecule has 9 heteroatoms. The van der Waals surface area contributed by atoms with Crippen molar-refractivity contribution in [1.29, 1.82) is 0 Å². The number of rotatable bonds is 8. The minimum absolute atomic E-state index is 0.0668. The van der Waals surface area contributed by atoms with Crippen molar-refractivity contribution in [3.63, 3.8) is 0 Å². The van der Waals surface area contributed by atoms with E-state index in [0.29, 0.717) is 18.2 Å². The summed E-state index contributed by atoms with van der Waals surface area (Å²) in [6, 6.07) is -0.612. The Labute approximate surface area is 171 Å². The molecule has 2 aromatic heterocycles. The molecule has 2 N–H and O–H groups in total. The zero-order chi connectivity index (χ0) is 20.3. The molecule has 0 fully saturated rings. The number of amides is 2. The minimum Gasteiger partial charge on any atom is -0.355 e. The third kappa shape index (κ3) is 4.15. The van der Waals surface area contributed by atoms with Crippen LogP contribution < -0.4 is 16.2 Å². The van der Waals surface area contributed by atoms with E-state index in [1.54, 1.807) is 28.9 Å². The molecule has 0 aliphatic heterocycles. The van der Waals surface area contributed by atoms with Gasteiger partial charge in [0.25, 0.3) is 5.56 Å². The van der Waals surface area contributed by atoms with Gasteiger partial charge in [0, 0.05) is 18.0 Å². The van der Waals surface area contributed by atoms with Gasteiger partial charge in [-0.15, -0.1) is 17.9 Å². The first-order valence-corrected chi connectivity index (χ1v) is 11.1. The molecule has 28 heavy (non-hydrogen) atoms. The molecule has 0 saturated heterocycles. The van der Waals surface area contributed by atoms with Crippen molar-refractivity contribution in [2.24, 2.45) is 0 Å². The number of hydrogen-bond acceptors (Lipinski definition) is 6. The van der Waals surface area contributed by atoms with Crippen LogP contribution in [0.15, 0.2) is 22.6 Å². The number of carbonyl (C=O) groups is 2. The zero-order valence-electron chi connectivity index (χ0n) is 16.0. The molecule has 2 aromatic rings. The smallest absolute Gasteiger partial charge is 0.263 e. The lowest BCUT2D eigenvalue weighted by atomic mass is 10.2. The van der Waals surface area contributed by atoms with E-state index in [0.717, 1.165) is 35.0 Å². The van der Waals surface area contributed by atoms with Crippen molar-refractivity contribution in [1.82, 2.24) is 20.2 Å². The molecule has 0 saturated carbocycles. The Kier molecular flexibility index (Phi) is 6.56. The number of thioether (sulfide) groups is 1. The van der Waals surface area contributed by atoms with Crippen molar-refractivity contribution < 1.29 is 9.59 Å². The van der Waals surface area contributed by atoms with Crippen LogP contribution in [0.1, 0.15) is 30.7 Å². The number of nitrogens with one attached hydrogen (secondary N) is 2. The van der Waals surface area contributed by atoms with Crippen molar-refractivity contribution >= 4 is 45.1 Å². The molecule has 150 valence electrons. The van der Waals surface area contributed by atoms with E-state index in [9.17, 15) is 14.4 Å². The summed E-state index contributed by atoms with van der Waals surface area (Å²) < 4.78 is 1.58. The van der Waals surface area contributed by atoms with E-state index in [-0.39, 0.29) is 23.1 Å². The van der Waals surface area contributed by atoms with Gasteiger partial charge < -0.3 is 10.6 Å². The van der Waals surface area contributed by atoms with Crippen LogP contribution >= 0.6 is 23.1 Å². The van der Waals surface area contributed by atoms with Gasteiger partial charge in [0.2, 0.25) is 11.8 Å². The van der Waals surface area contributed by atoms with Crippen LogP contribution in [0.3, 0.4) is 0 Å². The van der Waals surface area contributed by atoms with Gasteiger partial charge in [-0.1, -0.05) is 17.8 Å². The van der Waals surface area contributed by atoms with Crippen LogP contribution in [-0.4, -0.2) is 39.7 Å². The number of nitrogens with zero attached hydrogens (tertiary/aromatic N) is 2. The van der Waals surface area contributed by atoms with E-state index >= 15 is 0 Å². The van der Waals surface area contributed by atoms with E-state index in [4.69, 9.17) is 0 Å². The Bertz CT molecular complexity index is 980. The van der Waals surface area contributed by atoms with E-state index < -0.39 is 6.04 Å². The minimum atomic E-state index is -0.612. The molecular weight excluding hydrogens is 396 g/mol. The molecule has 7 nitrogen and oxygen atoms in total. The highest BCUT2D eigenvalue weighted by Crippen LogP contribution is 2.35. The molecular formula is C19H24N4O3S2. The van der Waals surface area contributed by atoms with Crippen LogP contribution in [0.5, 0.6) is 0 Å². The third-order valence-electron chi connectivity index (χ3n) is 4.56. The predicted octanol–water partition coefficient (Wildman–Crippen LogP) is 1.87. The standard InChI is InChI=1S/C19H24N4O3S2/c1-4-9-23-18(26)15-12-7-6-8-13(12)28-17(15)22-19(23)27-10-14(24)21-11(3)16(25)20-5-2/h4,11H,1,5-10H2,2-3H3,(H,20,25)(H,21,24)/t11-/m0/s1. The average molecular weight is 421 g/mol. The highest BCUT2D eigenvalue weighted by molar-refractivity contribution is 7.99. The summed E-state index contributed by atoms with van der Waals surface area (Å²) in [7, 11) is 0. The van der Waals surface area contributed by atoms with Gasteiger partial charge in [-0.2, -0.15) is 0 Å². The Morgan fingerprint density at radius 3 is 2.93 bits per heavy atom. The molecule has 0 unspecified atom stereocenters. The van der Waals surface area contributed by atoms with Gasteiger partial charge in [0.05, 0.1) is 11.1 Å². The second kappa shape index (κ2) is 8.91. The molecule has 1 aliphatic rings. The maximum Gasteiger partial charge on any atom is 0.263 e. The molecule has 0 radical (unpaired) electrons. The number of allylic oxidation sites excluding steroid dienone is 1. The van der Waals surface area contributed by atoms with Gasteiger partial charge in [-0.25, -0.2) is 4.98 Å².